The topological polar surface area (TPSA) is 32.5 Å². The van der Waals surface area contributed by atoms with E-state index in [0.717, 1.165) is 31.7 Å². The van der Waals surface area contributed by atoms with Crippen molar-refractivity contribution in [2.75, 3.05) is 31.1 Å². The molecule has 0 atom stereocenters. The molecule has 1 aromatic carbocycles. The number of nitrogens with zero attached hydrogens (tertiary/aromatic N) is 2. The summed E-state index contributed by atoms with van der Waals surface area (Å²) in [6.07, 6.45) is 0. The fraction of sp³-hybridized carbons (Fsp3) is 0.562. The van der Waals surface area contributed by atoms with Gasteiger partial charge in [-0.1, -0.05) is 18.3 Å². The van der Waals surface area contributed by atoms with Gasteiger partial charge < -0.3 is 10.6 Å². The lowest BCUT2D eigenvalue weighted by molar-refractivity contribution is 0.128. The van der Waals surface area contributed by atoms with E-state index >= 15 is 0 Å². The molecule has 0 aliphatic carbocycles. The quantitative estimate of drug-likeness (QED) is 0.849. The zero-order valence-electron chi connectivity index (χ0n) is 12.9. The number of rotatable bonds is 2. The molecule has 0 radical (unpaired) electrons. The molecular formula is C16H25N3S. The number of thiocarbonyl (C=S) groups is 1. The van der Waals surface area contributed by atoms with Crippen LogP contribution in [0.5, 0.6) is 0 Å². The Morgan fingerprint density at radius 3 is 2.25 bits per heavy atom. The van der Waals surface area contributed by atoms with Crippen molar-refractivity contribution in [2.45, 2.75) is 33.2 Å². The maximum atomic E-state index is 5.86. The molecule has 20 heavy (non-hydrogen) atoms. The van der Waals surface area contributed by atoms with Gasteiger partial charge in [-0.2, -0.15) is 0 Å². The number of piperazine rings is 1. The number of hydrogen-bond donors (Lipinski definition) is 1. The predicted molar refractivity (Wildman–Crippen MR) is 90.6 cm³/mol. The van der Waals surface area contributed by atoms with Crippen molar-refractivity contribution in [3.63, 3.8) is 0 Å². The Morgan fingerprint density at radius 2 is 1.75 bits per heavy atom. The molecule has 0 unspecified atom stereocenters. The van der Waals surface area contributed by atoms with Gasteiger partial charge in [0.05, 0.1) is 0 Å². The second-order valence-corrected chi connectivity index (χ2v) is 6.97. The SMILES string of the molecule is Cc1ccc(C(N)=S)c(N2CCN(C(C)(C)C)CC2)c1. The van der Waals surface area contributed by atoms with E-state index in [0.29, 0.717) is 4.99 Å². The van der Waals surface area contributed by atoms with E-state index in [1.807, 2.05) is 6.07 Å². The van der Waals surface area contributed by atoms with E-state index < -0.39 is 0 Å². The van der Waals surface area contributed by atoms with E-state index in [1.165, 1.54) is 11.3 Å². The summed E-state index contributed by atoms with van der Waals surface area (Å²) in [5, 5.41) is 0. The van der Waals surface area contributed by atoms with E-state index in [1.54, 1.807) is 0 Å². The number of aryl methyl sites for hydroxylation is 1. The molecule has 1 aliphatic rings. The van der Waals surface area contributed by atoms with Crippen LogP contribution in [0.2, 0.25) is 0 Å². The monoisotopic (exact) mass is 291 g/mol. The summed E-state index contributed by atoms with van der Waals surface area (Å²) in [5.74, 6) is 0. The van der Waals surface area contributed by atoms with Crippen LogP contribution < -0.4 is 10.6 Å². The Hall–Kier alpha value is -1.13. The van der Waals surface area contributed by atoms with Crippen molar-refractivity contribution in [1.82, 2.24) is 4.90 Å². The first-order valence-corrected chi connectivity index (χ1v) is 7.60. The Balaban J connectivity index is 2.18. The molecule has 4 heteroatoms. The number of nitrogens with two attached hydrogens (primary N) is 1. The summed E-state index contributed by atoms with van der Waals surface area (Å²) in [6.45, 7) is 13.1. The van der Waals surface area contributed by atoms with Gasteiger partial charge in [0.1, 0.15) is 4.99 Å². The molecule has 2 N–H and O–H groups in total. The lowest BCUT2D eigenvalue weighted by Crippen LogP contribution is -2.53. The van der Waals surface area contributed by atoms with Crippen LogP contribution >= 0.6 is 12.2 Å². The third-order valence-corrected chi connectivity index (χ3v) is 4.21. The fourth-order valence-electron chi connectivity index (χ4n) is 2.73. The maximum absolute atomic E-state index is 5.86. The summed E-state index contributed by atoms with van der Waals surface area (Å²) in [6, 6.07) is 6.31. The zero-order chi connectivity index (χ0) is 14.9. The molecule has 1 aromatic rings. The van der Waals surface area contributed by atoms with Crippen molar-refractivity contribution in [2.24, 2.45) is 5.73 Å². The third kappa shape index (κ3) is 3.30. The highest BCUT2D eigenvalue weighted by atomic mass is 32.1. The molecule has 0 spiro atoms. The number of benzene rings is 1. The standard InChI is InChI=1S/C16H25N3S/c1-12-5-6-13(15(17)20)14(11-12)18-7-9-19(10-8-18)16(2,3)4/h5-6,11H,7-10H2,1-4H3,(H2,17,20). The maximum Gasteiger partial charge on any atom is 0.106 e. The van der Waals surface area contributed by atoms with E-state index in [4.69, 9.17) is 18.0 Å². The smallest absolute Gasteiger partial charge is 0.106 e. The summed E-state index contributed by atoms with van der Waals surface area (Å²) in [4.78, 5) is 5.42. The second kappa shape index (κ2) is 5.70. The van der Waals surface area contributed by atoms with Crippen LogP contribution in [0, 0.1) is 6.92 Å². The Morgan fingerprint density at radius 1 is 1.15 bits per heavy atom. The Kier molecular flexibility index (Phi) is 4.35. The lowest BCUT2D eigenvalue weighted by atomic mass is 10.0. The van der Waals surface area contributed by atoms with Crippen LogP contribution in [0.3, 0.4) is 0 Å². The largest absolute Gasteiger partial charge is 0.389 e. The van der Waals surface area contributed by atoms with Gasteiger partial charge in [0, 0.05) is 43.0 Å². The summed E-state index contributed by atoms with van der Waals surface area (Å²) < 4.78 is 0. The van der Waals surface area contributed by atoms with Crippen molar-refractivity contribution in [3.8, 4) is 0 Å². The van der Waals surface area contributed by atoms with Crippen LogP contribution in [-0.4, -0.2) is 41.6 Å². The van der Waals surface area contributed by atoms with Gasteiger partial charge >= 0.3 is 0 Å². The first-order chi connectivity index (χ1) is 9.29. The van der Waals surface area contributed by atoms with Crippen molar-refractivity contribution < 1.29 is 0 Å². The first-order valence-electron chi connectivity index (χ1n) is 7.19. The molecule has 1 aliphatic heterocycles. The highest BCUT2D eigenvalue weighted by molar-refractivity contribution is 7.80. The summed E-state index contributed by atoms with van der Waals surface area (Å²) in [5.41, 5.74) is 9.53. The minimum absolute atomic E-state index is 0.241. The van der Waals surface area contributed by atoms with Crippen LogP contribution in [0.4, 0.5) is 5.69 Å². The van der Waals surface area contributed by atoms with E-state index in [-0.39, 0.29) is 5.54 Å². The minimum atomic E-state index is 0.241. The molecule has 2 rings (SSSR count). The highest BCUT2D eigenvalue weighted by Crippen LogP contribution is 2.25. The van der Waals surface area contributed by atoms with Crippen LogP contribution in [0.15, 0.2) is 18.2 Å². The predicted octanol–water partition coefficient (Wildman–Crippen LogP) is 2.55. The van der Waals surface area contributed by atoms with E-state index in [2.05, 4.69) is 49.6 Å². The molecule has 0 bridgehead atoms. The van der Waals surface area contributed by atoms with Crippen molar-refractivity contribution in [1.29, 1.82) is 0 Å². The normalized spacial score (nSPS) is 17.3. The third-order valence-electron chi connectivity index (χ3n) is 3.99. The number of hydrogen-bond acceptors (Lipinski definition) is 3. The fourth-order valence-corrected chi connectivity index (χ4v) is 2.90. The molecule has 0 amide bonds. The van der Waals surface area contributed by atoms with Gasteiger partial charge in [0.15, 0.2) is 0 Å². The lowest BCUT2D eigenvalue weighted by Gasteiger charge is -2.43. The molecule has 1 fully saturated rings. The zero-order valence-corrected chi connectivity index (χ0v) is 13.8. The summed E-state index contributed by atoms with van der Waals surface area (Å²) >= 11 is 5.19. The average Bonchev–Trinajstić information content (AvgIpc) is 2.37. The van der Waals surface area contributed by atoms with Gasteiger partial charge in [0.2, 0.25) is 0 Å². The molecule has 1 heterocycles. The first kappa shape index (κ1) is 15.3. The van der Waals surface area contributed by atoms with Gasteiger partial charge in [-0.25, -0.2) is 0 Å². The Labute approximate surface area is 127 Å². The number of anilines is 1. The molecular weight excluding hydrogens is 266 g/mol. The molecule has 0 saturated carbocycles. The Bertz CT molecular complexity index is 497. The van der Waals surface area contributed by atoms with Crippen molar-refractivity contribution >= 4 is 22.9 Å². The molecule has 0 aromatic heterocycles. The highest BCUT2D eigenvalue weighted by Gasteiger charge is 2.26. The molecule has 3 nitrogen and oxygen atoms in total. The van der Waals surface area contributed by atoms with Gasteiger partial charge in [-0.3, -0.25) is 4.90 Å². The van der Waals surface area contributed by atoms with Crippen molar-refractivity contribution in [3.05, 3.63) is 29.3 Å². The van der Waals surface area contributed by atoms with Crippen LogP contribution in [0.25, 0.3) is 0 Å². The summed E-state index contributed by atoms with van der Waals surface area (Å²) in [7, 11) is 0. The van der Waals surface area contributed by atoms with Crippen LogP contribution in [0.1, 0.15) is 31.9 Å². The molecule has 110 valence electrons. The van der Waals surface area contributed by atoms with Gasteiger partial charge in [0.25, 0.3) is 0 Å². The second-order valence-electron chi connectivity index (χ2n) is 6.53. The van der Waals surface area contributed by atoms with Gasteiger partial charge in [-0.05, 0) is 45.4 Å². The van der Waals surface area contributed by atoms with Gasteiger partial charge in [-0.15, -0.1) is 0 Å². The molecule has 1 saturated heterocycles. The average molecular weight is 291 g/mol. The minimum Gasteiger partial charge on any atom is -0.389 e. The van der Waals surface area contributed by atoms with E-state index in [9.17, 15) is 0 Å². The van der Waals surface area contributed by atoms with Crippen LogP contribution in [-0.2, 0) is 0 Å².